The normalized spacial score (nSPS) is 23.5. The van der Waals surface area contributed by atoms with Crippen molar-refractivity contribution in [2.45, 2.75) is 44.2 Å². The van der Waals surface area contributed by atoms with E-state index in [-0.39, 0.29) is 41.7 Å². The van der Waals surface area contributed by atoms with Crippen LogP contribution in [-0.4, -0.2) is 67.5 Å². The second-order valence-corrected chi connectivity index (χ2v) is 9.73. The average molecular weight is 463 g/mol. The molecule has 1 aromatic rings. The lowest BCUT2D eigenvalue weighted by Crippen LogP contribution is -2.50. The Labute approximate surface area is 169 Å². The van der Waals surface area contributed by atoms with Gasteiger partial charge in [-0.25, -0.2) is 8.42 Å². The van der Waals surface area contributed by atoms with Crippen LogP contribution in [0.3, 0.4) is 0 Å². The van der Waals surface area contributed by atoms with Gasteiger partial charge in [0.1, 0.15) is 16.7 Å². The Kier molecular flexibility index (Phi) is 7.29. The minimum atomic E-state index is -3.83. The predicted octanol–water partition coefficient (Wildman–Crippen LogP) is 2.09. The Bertz CT molecular complexity index is 786. The molecule has 0 bridgehead atoms. The van der Waals surface area contributed by atoms with Crippen LogP contribution in [0.15, 0.2) is 27.6 Å². The van der Waals surface area contributed by atoms with Crippen molar-refractivity contribution in [2.75, 3.05) is 26.7 Å². The molecule has 1 aliphatic rings. The van der Waals surface area contributed by atoms with Crippen molar-refractivity contribution >= 4 is 31.9 Å². The maximum Gasteiger partial charge on any atom is 0.247 e. The molecule has 1 aromatic carbocycles. The number of hydrogen-bond acceptors (Lipinski definition) is 5. The summed E-state index contributed by atoms with van der Waals surface area (Å²) in [7, 11) is -2.11. The van der Waals surface area contributed by atoms with Crippen LogP contribution < -0.4 is 4.74 Å². The second-order valence-electron chi connectivity index (χ2n) is 6.96. The largest absolute Gasteiger partial charge is 0.487 e. The molecule has 9 heteroatoms. The van der Waals surface area contributed by atoms with Crippen molar-refractivity contribution in [1.82, 2.24) is 9.21 Å². The van der Waals surface area contributed by atoms with E-state index in [4.69, 9.17) is 4.74 Å². The Hall–Kier alpha value is -1.16. The minimum absolute atomic E-state index is 0.00414. The minimum Gasteiger partial charge on any atom is -0.487 e. The first kappa shape index (κ1) is 22.1. The molecule has 2 rings (SSSR count). The number of carbonyl (C=O) groups is 1. The number of ether oxygens (including phenoxy) is 1. The molecule has 1 aliphatic heterocycles. The molecule has 27 heavy (non-hydrogen) atoms. The first-order valence-corrected chi connectivity index (χ1v) is 11.2. The van der Waals surface area contributed by atoms with E-state index in [9.17, 15) is 18.3 Å². The van der Waals surface area contributed by atoms with Gasteiger partial charge in [-0.05, 0) is 25.1 Å². The van der Waals surface area contributed by atoms with E-state index in [1.54, 1.807) is 37.9 Å². The van der Waals surface area contributed by atoms with Crippen LogP contribution in [0.1, 0.15) is 27.2 Å². The summed E-state index contributed by atoms with van der Waals surface area (Å²) in [5, 5.41) is 9.58. The SMILES string of the molecule is CCC(=O)N(C)C[C@@H]1Oc2cc(Br)ccc2S(=O)(=O)N([C@H](C)CO)C[C@@H]1C. The lowest BCUT2D eigenvalue weighted by molar-refractivity contribution is -0.131. The maximum atomic E-state index is 13.2. The van der Waals surface area contributed by atoms with E-state index < -0.39 is 16.1 Å². The molecule has 0 spiro atoms. The third kappa shape index (κ3) is 4.82. The van der Waals surface area contributed by atoms with Gasteiger partial charge in [0.05, 0.1) is 13.2 Å². The topological polar surface area (TPSA) is 87.2 Å². The average Bonchev–Trinajstić information content (AvgIpc) is 2.62. The number of aliphatic hydroxyl groups is 1. The zero-order valence-corrected chi connectivity index (χ0v) is 18.5. The summed E-state index contributed by atoms with van der Waals surface area (Å²) in [5.74, 6) is 0.0527. The third-order valence-corrected chi connectivity index (χ3v) is 7.32. The molecule has 0 fully saturated rings. The molecule has 0 unspecified atom stereocenters. The molecule has 0 saturated carbocycles. The molecule has 0 radical (unpaired) electrons. The molecule has 0 aromatic heterocycles. The van der Waals surface area contributed by atoms with Crippen molar-refractivity contribution in [2.24, 2.45) is 5.92 Å². The molecule has 3 atom stereocenters. The van der Waals surface area contributed by atoms with Gasteiger partial charge in [-0.15, -0.1) is 0 Å². The molecule has 1 amide bonds. The summed E-state index contributed by atoms with van der Waals surface area (Å²) >= 11 is 3.36. The number of fused-ring (bicyclic) bond motifs is 1. The van der Waals surface area contributed by atoms with Gasteiger partial charge in [0.2, 0.25) is 15.9 Å². The number of halogens is 1. The van der Waals surface area contributed by atoms with E-state index in [2.05, 4.69) is 15.9 Å². The summed E-state index contributed by atoms with van der Waals surface area (Å²) in [4.78, 5) is 13.7. The Morgan fingerprint density at radius 2 is 2.15 bits per heavy atom. The first-order chi connectivity index (χ1) is 12.6. The van der Waals surface area contributed by atoms with Gasteiger partial charge in [-0.3, -0.25) is 4.79 Å². The highest BCUT2D eigenvalue weighted by atomic mass is 79.9. The summed E-state index contributed by atoms with van der Waals surface area (Å²) in [5.41, 5.74) is 0. The third-order valence-electron chi connectivity index (χ3n) is 4.81. The van der Waals surface area contributed by atoms with E-state index in [1.807, 2.05) is 6.92 Å². The van der Waals surface area contributed by atoms with Crippen LogP contribution in [0.4, 0.5) is 0 Å². The standard InChI is InChI=1S/C18H27BrN2O5S/c1-5-18(23)20(4)10-16-12(2)9-21(13(3)11-22)27(24,25)17-7-6-14(19)8-15(17)26-16/h6-8,12-13,16,22H,5,9-11H2,1-4H3/t12-,13+,16-/m0/s1. The van der Waals surface area contributed by atoms with Gasteiger partial charge in [0.25, 0.3) is 0 Å². The van der Waals surface area contributed by atoms with Crippen LogP contribution in [0.5, 0.6) is 5.75 Å². The zero-order valence-electron chi connectivity index (χ0n) is 16.1. The van der Waals surface area contributed by atoms with Crippen LogP contribution in [-0.2, 0) is 14.8 Å². The van der Waals surface area contributed by atoms with Crippen molar-refractivity contribution < 1.29 is 23.1 Å². The lowest BCUT2D eigenvalue weighted by atomic mass is 10.0. The smallest absolute Gasteiger partial charge is 0.247 e. The van der Waals surface area contributed by atoms with E-state index >= 15 is 0 Å². The number of likely N-dealkylation sites (N-methyl/N-ethyl adjacent to an activating group) is 1. The van der Waals surface area contributed by atoms with Crippen molar-refractivity contribution in [3.05, 3.63) is 22.7 Å². The van der Waals surface area contributed by atoms with Crippen LogP contribution in [0, 0.1) is 5.92 Å². The quantitative estimate of drug-likeness (QED) is 0.723. The summed E-state index contributed by atoms with van der Waals surface area (Å²) in [6.07, 6.45) is 0.00403. The zero-order chi connectivity index (χ0) is 20.4. The number of benzene rings is 1. The van der Waals surface area contributed by atoms with E-state index in [1.165, 1.54) is 10.4 Å². The number of amides is 1. The van der Waals surface area contributed by atoms with Gasteiger partial charge < -0.3 is 14.7 Å². The van der Waals surface area contributed by atoms with E-state index in [0.717, 1.165) is 0 Å². The molecule has 152 valence electrons. The van der Waals surface area contributed by atoms with Crippen molar-refractivity contribution in [3.63, 3.8) is 0 Å². The first-order valence-electron chi connectivity index (χ1n) is 8.94. The molecular weight excluding hydrogens is 436 g/mol. The van der Waals surface area contributed by atoms with Crippen LogP contribution in [0.25, 0.3) is 0 Å². The fraction of sp³-hybridized carbons (Fsp3) is 0.611. The number of sulfonamides is 1. The Balaban J connectivity index is 2.51. The molecule has 1 heterocycles. The fourth-order valence-corrected chi connectivity index (χ4v) is 5.22. The monoisotopic (exact) mass is 462 g/mol. The highest BCUT2D eigenvalue weighted by Gasteiger charge is 2.38. The van der Waals surface area contributed by atoms with Gasteiger partial charge in [0.15, 0.2) is 0 Å². The Morgan fingerprint density at radius 1 is 1.48 bits per heavy atom. The number of hydrogen-bond donors (Lipinski definition) is 1. The molecule has 1 N–H and O–H groups in total. The summed E-state index contributed by atoms with van der Waals surface area (Å²) < 4.78 is 34.5. The summed E-state index contributed by atoms with van der Waals surface area (Å²) in [6, 6.07) is 4.21. The number of nitrogens with zero attached hydrogens (tertiary/aromatic N) is 2. The molecule has 7 nitrogen and oxygen atoms in total. The Morgan fingerprint density at radius 3 is 2.74 bits per heavy atom. The van der Waals surface area contributed by atoms with Crippen molar-refractivity contribution in [3.8, 4) is 5.75 Å². The maximum absolute atomic E-state index is 13.2. The molecule has 0 saturated heterocycles. The van der Waals surface area contributed by atoms with Gasteiger partial charge in [-0.2, -0.15) is 4.31 Å². The van der Waals surface area contributed by atoms with Crippen LogP contribution >= 0.6 is 15.9 Å². The van der Waals surface area contributed by atoms with E-state index in [0.29, 0.717) is 17.4 Å². The van der Waals surface area contributed by atoms with Gasteiger partial charge in [-0.1, -0.05) is 29.8 Å². The highest BCUT2D eigenvalue weighted by molar-refractivity contribution is 9.10. The number of carbonyl (C=O) groups excluding carboxylic acids is 1. The predicted molar refractivity (Wildman–Crippen MR) is 106 cm³/mol. The van der Waals surface area contributed by atoms with Crippen LogP contribution in [0.2, 0.25) is 0 Å². The number of aliphatic hydroxyl groups excluding tert-OH is 1. The fourth-order valence-electron chi connectivity index (χ4n) is 3.06. The summed E-state index contributed by atoms with van der Waals surface area (Å²) in [6.45, 7) is 5.62. The second kappa shape index (κ2) is 8.89. The van der Waals surface area contributed by atoms with Crippen molar-refractivity contribution in [1.29, 1.82) is 0 Å². The number of rotatable bonds is 5. The van der Waals surface area contributed by atoms with Gasteiger partial charge >= 0.3 is 0 Å². The lowest BCUT2D eigenvalue weighted by Gasteiger charge is -2.37. The van der Waals surface area contributed by atoms with Gasteiger partial charge in [0, 0.05) is 36.4 Å². The highest BCUT2D eigenvalue weighted by Crippen LogP contribution is 2.35. The molecule has 0 aliphatic carbocycles. The molecular formula is C18H27BrN2O5S.